The van der Waals surface area contributed by atoms with Gasteiger partial charge in [0.2, 0.25) is 0 Å². The van der Waals surface area contributed by atoms with Gasteiger partial charge in [0.1, 0.15) is 0 Å². The Morgan fingerprint density at radius 3 is 2.75 bits per heavy atom. The van der Waals surface area contributed by atoms with Gasteiger partial charge in [-0.3, -0.25) is 4.57 Å². The highest BCUT2D eigenvalue weighted by Crippen LogP contribution is 2.23. The summed E-state index contributed by atoms with van der Waals surface area (Å²) >= 11 is 3.42. The highest BCUT2D eigenvalue weighted by molar-refractivity contribution is 9.10. The van der Waals surface area contributed by atoms with Crippen molar-refractivity contribution in [2.75, 3.05) is 5.73 Å². The molecule has 2 rings (SSSR count). The Balaban J connectivity index is 2.38. The lowest BCUT2D eigenvalue weighted by Crippen LogP contribution is -2.22. The zero-order valence-corrected chi connectivity index (χ0v) is 10.4. The number of benzene rings is 1. The Hall–Kier alpha value is -1.49. The molecule has 2 aromatic rings. The zero-order chi connectivity index (χ0) is 11.7. The van der Waals surface area contributed by atoms with Crippen molar-refractivity contribution >= 4 is 21.6 Å². The summed E-state index contributed by atoms with van der Waals surface area (Å²) in [7, 11) is 1.73. The number of anilines is 1. The van der Waals surface area contributed by atoms with Gasteiger partial charge in [0.25, 0.3) is 0 Å². The van der Waals surface area contributed by atoms with Crippen molar-refractivity contribution in [2.45, 2.75) is 6.54 Å². The van der Waals surface area contributed by atoms with Crippen LogP contribution >= 0.6 is 15.9 Å². The van der Waals surface area contributed by atoms with E-state index in [1.54, 1.807) is 28.6 Å². The monoisotopic (exact) mass is 281 g/mol. The van der Waals surface area contributed by atoms with Crippen LogP contribution in [0.3, 0.4) is 0 Å². The highest BCUT2D eigenvalue weighted by Gasteiger charge is 2.06. The van der Waals surface area contributed by atoms with E-state index in [0.29, 0.717) is 12.2 Å². The molecule has 5 heteroatoms. The van der Waals surface area contributed by atoms with E-state index in [4.69, 9.17) is 5.73 Å². The fourth-order valence-corrected chi connectivity index (χ4v) is 1.93. The molecule has 2 N–H and O–H groups in total. The molecule has 0 unspecified atom stereocenters. The minimum absolute atomic E-state index is 0.0330. The molecule has 0 amide bonds. The Kier molecular flexibility index (Phi) is 2.87. The summed E-state index contributed by atoms with van der Waals surface area (Å²) in [5.74, 6) is 0. The fourth-order valence-electron chi connectivity index (χ4n) is 1.54. The summed E-state index contributed by atoms with van der Waals surface area (Å²) in [5.41, 5.74) is 7.42. The van der Waals surface area contributed by atoms with Crippen LogP contribution in [0.2, 0.25) is 0 Å². The maximum absolute atomic E-state index is 11.6. The summed E-state index contributed by atoms with van der Waals surface area (Å²) in [6, 6.07) is 5.64. The number of halogens is 1. The molecule has 0 aliphatic heterocycles. The Morgan fingerprint density at radius 2 is 2.12 bits per heavy atom. The highest BCUT2D eigenvalue weighted by atomic mass is 79.9. The van der Waals surface area contributed by atoms with Gasteiger partial charge in [-0.2, -0.15) is 0 Å². The number of hydrogen-bond donors (Lipinski definition) is 1. The first-order valence-electron chi connectivity index (χ1n) is 4.84. The summed E-state index contributed by atoms with van der Waals surface area (Å²) in [5, 5.41) is 0. The molecule has 0 fully saturated rings. The predicted molar refractivity (Wildman–Crippen MR) is 67.3 cm³/mol. The topological polar surface area (TPSA) is 52.9 Å². The third kappa shape index (κ3) is 1.90. The summed E-state index contributed by atoms with van der Waals surface area (Å²) in [4.78, 5) is 11.6. The number of rotatable bonds is 2. The molecule has 0 spiro atoms. The zero-order valence-electron chi connectivity index (χ0n) is 8.85. The average molecular weight is 282 g/mol. The second-order valence-electron chi connectivity index (χ2n) is 3.64. The molecule has 0 aliphatic rings. The summed E-state index contributed by atoms with van der Waals surface area (Å²) < 4.78 is 4.03. The Bertz CT molecular complexity index is 571. The van der Waals surface area contributed by atoms with Crippen molar-refractivity contribution in [1.82, 2.24) is 9.13 Å². The van der Waals surface area contributed by atoms with Gasteiger partial charge in [-0.25, -0.2) is 4.79 Å². The second-order valence-corrected chi connectivity index (χ2v) is 4.43. The maximum Gasteiger partial charge on any atom is 0.328 e. The van der Waals surface area contributed by atoms with Crippen LogP contribution in [0.25, 0.3) is 0 Å². The molecule has 16 heavy (non-hydrogen) atoms. The van der Waals surface area contributed by atoms with Gasteiger partial charge in [0, 0.05) is 29.6 Å². The normalized spacial score (nSPS) is 10.6. The number of nitrogens with two attached hydrogens (primary N) is 1. The largest absolute Gasteiger partial charge is 0.398 e. The van der Waals surface area contributed by atoms with Crippen molar-refractivity contribution < 1.29 is 0 Å². The van der Waals surface area contributed by atoms with Crippen LogP contribution in [0.1, 0.15) is 5.56 Å². The molecular formula is C11H12BrN3O. The molecule has 0 atom stereocenters. The van der Waals surface area contributed by atoms with Gasteiger partial charge in [0.15, 0.2) is 0 Å². The fraction of sp³-hybridized carbons (Fsp3) is 0.182. The molecule has 0 radical (unpaired) electrons. The predicted octanol–water partition coefficient (Wildman–Crippen LogP) is 1.58. The number of nitrogens with zero attached hydrogens (tertiary/aromatic N) is 2. The van der Waals surface area contributed by atoms with Crippen LogP contribution in [-0.4, -0.2) is 9.13 Å². The standard InChI is InChI=1S/C11H12BrN3O/c1-14-5-6-15(11(14)16)7-8-3-2-4-9(13)10(8)12/h2-6H,7,13H2,1H3. The quantitative estimate of drug-likeness (QED) is 0.850. The van der Waals surface area contributed by atoms with Crippen molar-refractivity contribution in [3.63, 3.8) is 0 Å². The molecule has 1 heterocycles. The van der Waals surface area contributed by atoms with Gasteiger partial charge in [0.05, 0.1) is 6.54 Å². The van der Waals surface area contributed by atoms with Gasteiger partial charge in [-0.05, 0) is 27.6 Å². The van der Waals surface area contributed by atoms with Crippen molar-refractivity contribution in [1.29, 1.82) is 0 Å². The number of nitrogen functional groups attached to an aromatic ring is 1. The van der Waals surface area contributed by atoms with Gasteiger partial charge in [-0.15, -0.1) is 0 Å². The third-order valence-corrected chi connectivity index (χ3v) is 3.43. The van der Waals surface area contributed by atoms with E-state index in [0.717, 1.165) is 10.0 Å². The van der Waals surface area contributed by atoms with E-state index in [9.17, 15) is 4.79 Å². The SMILES string of the molecule is Cn1ccn(Cc2cccc(N)c2Br)c1=O. The first kappa shape index (κ1) is 11.0. The van der Waals surface area contributed by atoms with Gasteiger partial charge >= 0.3 is 5.69 Å². The molecule has 4 nitrogen and oxygen atoms in total. The summed E-state index contributed by atoms with van der Waals surface area (Å²) in [6.45, 7) is 0.519. The second kappa shape index (κ2) is 4.17. The maximum atomic E-state index is 11.6. The molecule has 1 aromatic carbocycles. The molecule has 0 aliphatic carbocycles. The van der Waals surface area contributed by atoms with Crippen molar-refractivity contribution in [2.24, 2.45) is 7.05 Å². The van der Waals surface area contributed by atoms with Crippen molar-refractivity contribution in [3.8, 4) is 0 Å². The smallest absolute Gasteiger partial charge is 0.328 e. The van der Waals surface area contributed by atoms with E-state index in [1.165, 1.54) is 0 Å². The number of hydrogen-bond acceptors (Lipinski definition) is 2. The number of imidazole rings is 1. The average Bonchev–Trinajstić information content (AvgIpc) is 2.57. The van der Waals surface area contributed by atoms with Crippen LogP contribution in [0, 0.1) is 0 Å². The van der Waals surface area contributed by atoms with Crippen molar-refractivity contribution in [3.05, 3.63) is 51.1 Å². The molecule has 1 aromatic heterocycles. The van der Waals surface area contributed by atoms with Crippen LogP contribution in [-0.2, 0) is 13.6 Å². The van der Waals surface area contributed by atoms with Gasteiger partial charge in [-0.1, -0.05) is 12.1 Å². The van der Waals surface area contributed by atoms with Crippen LogP contribution in [0.5, 0.6) is 0 Å². The molecule has 0 saturated carbocycles. The van der Waals surface area contributed by atoms with Crippen LogP contribution in [0.4, 0.5) is 5.69 Å². The van der Waals surface area contributed by atoms with E-state index >= 15 is 0 Å². The van der Waals surface area contributed by atoms with E-state index < -0.39 is 0 Å². The van der Waals surface area contributed by atoms with E-state index in [2.05, 4.69) is 15.9 Å². The lowest BCUT2D eigenvalue weighted by molar-refractivity contribution is 0.716. The first-order valence-corrected chi connectivity index (χ1v) is 5.63. The Morgan fingerprint density at radius 1 is 1.38 bits per heavy atom. The molecular weight excluding hydrogens is 270 g/mol. The van der Waals surface area contributed by atoms with E-state index in [-0.39, 0.29) is 5.69 Å². The number of aryl methyl sites for hydroxylation is 1. The van der Waals surface area contributed by atoms with Crippen LogP contribution < -0.4 is 11.4 Å². The lowest BCUT2D eigenvalue weighted by atomic mass is 10.2. The molecule has 0 saturated heterocycles. The lowest BCUT2D eigenvalue weighted by Gasteiger charge is -2.06. The van der Waals surface area contributed by atoms with E-state index in [1.807, 2.05) is 18.2 Å². The number of aromatic nitrogens is 2. The van der Waals surface area contributed by atoms with Gasteiger partial charge < -0.3 is 10.3 Å². The Labute approximate surface area is 101 Å². The molecule has 0 bridgehead atoms. The minimum atomic E-state index is -0.0330. The van der Waals surface area contributed by atoms with Crippen LogP contribution in [0.15, 0.2) is 39.9 Å². The summed E-state index contributed by atoms with van der Waals surface area (Å²) in [6.07, 6.45) is 3.50. The minimum Gasteiger partial charge on any atom is -0.398 e. The third-order valence-electron chi connectivity index (χ3n) is 2.47. The molecule has 84 valence electrons. The first-order chi connectivity index (χ1) is 7.59.